The molecule has 4 rings (SSSR count). The van der Waals surface area contributed by atoms with Crippen molar-refractivity contribution in [3.8, 4) is 0 Å². The molecule has 3 atom stereocenters. The molecular weight excluding hydrogens is 302 g/mol. The molecule has 21 heavy (non-hydrogen) atoms. The first-order valence-electron chi connectivity index (χ1n) is 7.19. The van der Waals surface area contributed by atoms with E-state index in [4.69, 9.17) is 0 Å². The first kappa shape index (κ1) is 13.5. The van der Waals surface area contributed by atoms with Gasteiger partial charge in [-0.2, -0.15) is 0 Å². The highest BCUT2D eigenvalue weighted by Gasteiger charge is 2.38. The first-order chi connectivity index (χ1) is 10.2. The minimum atomic E-state index is -0.0334. The number of aromatic nitrogens is 1. The number of rotatable bonds is 3. The lowest BCUT2D eigenvalue weighted by Crippen LogP contribution is -2.43. The number of pyridine rings is 1. The molecular formula is C15H17N3OS2. The van der Waals surface area contributed by atoms with E-state index in [2.05, 4.69) is 26.8 Å². The van der Waals surface area contributed by atoms with Crippen LogP contribution in [-0.2, 0) is 0 Å². The zero-order valence-corrected chi connectivity index (χ0v) is 13.5. The fourth-order valence-electron chi connectivity index (χ4n) is 3.38. The third kappa shape index (κ3) is 2.35. The summed E-state index contributed by atoms with van der Waals surface area (Å²) in [5.41, 5.74) is 0.536. The third-order valence-electron chi connectivity index (χ3n) is 4.53. The summed E-state index contributed by atoms with van der Waals surface area (Å²) in [6.45, 7) is 3.32. The van der Waals surface area contributed by atoms with Gasteiger partial charge in [0, 0.05) is 41.0 Å². The standard InChI is InChI=1S/C15H17N3OS2/c1-20-14-8-21-13-5-16-11(4-10(13)14)15(19)17-12-7-18-3-2-9(12)6-18/h4-5,8-9,12H,2-3,6-7H2,1H3,(H,17,19). The summed E-state index contributed by atoms with van der Waals surface area (Å²) in [6.07, 6.45) is 5.09. The summed E-state index contributed by atoms with van der Waals surface area (Å²) in [6, 6.07) is 2.23. The molecule has 4 nitrogen and oxygen atoms in total. The predicted octanol–water partition coefficient (Wildman–Crippen LogP) is 2.45. The Morgan fingerprint density at radius 3 is 3.14 bits per heavy atom. The van der Waals surface area contributed by atoms with Gasteiger partial charge in [-0.15, -0.1) is 23.1 Å². The van der Waals surface area contributed by atoms with E-state index in [1.54, 1.807) is 23.1 Å². The molecule has 2 bridgehead atoms. The van der Waals surface area contributed by atoms with E-state index in [1.165, 1.54) is 17.9 Å². The van der Waals surface area contributed by atoms with Gasteiger partial charge in [-0.05, 0) is 31.2 Å². The van der Waals surface area contributed by atoms with Gasteiger partial charge >= 0.3 is 0 Å². The van der Waals surface area contributed by atoms with Crippen LogP contribution in [0, 0.1) is 5.92 Å². The number of hydrogen-bond acceptors (Lipinski definition) is 5. The summed E-state index contributed by atoms with van der Waals surface area (Å²) in [4.78, 5) is 20.4. The maximum absolute atomic E-state index is 12.4. The monoisotopic (exact) mass is 319 g/mol. The fraction of sp³-hybridized carbons (Fsp3) is 0.467. The third-order valence-corrected chi connectivity index (χ3v) is 6.39. The van der Waals surface area contributed by atoms with Gasteiger partial charge in [-0.25, -0.2) is 4.98 Å². The molecule has 2 aromatic rings. The minimum Gasteiger partial charge on any atom is -0.346 e. The second-order valence-electron chi connectivity index (χ2n) is 5.76. The maximum Gasteiger partial charge on any atom is 0.270 e. The molecule has 2 saturated heterocycles. The Morgan fingerprint density at radius 2 is 2.43 bits per heavy atom. The van der Waals surface area contributed by atoms with Crippen molar-refractivity contribution in [1.29, 1.82) is 0 Å². The van der Waals surface area contributed by atoms with Gasteiger partial charge in [0.25, 0.3) is 5.91 Å². The van der Waals surface area contributed by atoms with Gasteiger partial charge < -0.3 is 10.2 Å². The quantitative estimate of drug-likeness (QED) is 0.883. The van der Waals surface area contributed by atoms with Crippen LogP contribution in [0.25, 0.3) is 10.1 Å². The van der Waals surface area contributed by atoms with E-state index in [0.29, 0.717) is 17.7 Å². The molecule has 1 amide bonds. The highest BCUT2D eigenvalue weighted by atomic mass is 32.2. The summed E-state index contributed by atoms with van der Waals surface area (Å²) < 4.78 is 1.14. The highest BCUT2D eigenvalue weighted by Crippen LogP contribution is 2.32. The molecule has 110 valence electrons. The summed E-state index contributed by atoms with van der Waals surface area (Å²) >= 11 is 3.39. The number of hydrogen-bond donors (Lipinski definition) is 1. The molecule has 4 heterocycles. The lowest BCUT2D eigenvalue weighted by molar-refractivity contribution is 0.0919. The molecule has 2 aliphatic heterocycles. The number of piperidine rings is 1. The van der Waals surface area contributed by atoms with Crippen molar-refractivity contribution in [3.63, 3.8) is 0 Å². The van der Waals surface area contributed by atoms with E-state index in [1.807, 2.05) is 12.3 Å². The van der Waals surface area contributed by atoms with Crippen LogP contribution in [0.5, 0.6) is 0 Å². The SMILES string of the molecule is CSc1csc2cnc(C(=O)NC3CN4CCC3C4)cc12. The average Bonchev–Trinajstić information content (AvgIpc) is 3.21. The number of carbonyl (C=O) groups is 1. The molecule has 0 aliphatic carbocycles. The second-order valence-corrected chi connectivity index (χ2v) is 7.52. The minimum absolute atomic E-state index is 0.0334. The fourth-order valence-corrected chi connectivity index (χ4v) is 5.13. The number of carbonyl (C=O) groups excluding carboxylic acids is 1. The van der Waals surface area contributed by atoms with Crippen LogP contribution >= 0.6 is 23.1 Å². The predicted molar refractivity (Wildman–Crippen MR) is 87.2 cm³/mol. The number of thiophene rings is 1. The topological polar surface area (TPSA) is 45.2 Å². The van der Waals surface area contributed by atoms with Crippen LogP contribution in [0.15, 0.2) is 22.5 Å². The summed E-state index contributed by atoms with van der Waals surface area (Å²) in [5, 5.41) is 6.44. The van der Waals surface area contributed by atoms with Gasteiger partial charge in [0.1, 0.15) is 5.69 Å². The van der Waals surface area contributed by atoms with Crippen LogP contribution in [0.2, 0.25) is 0 Å². The molecule has 2 aromatic heterocycles. The van der Waals surface area contributed by atoms with Crippen molar-refractivity contribution >= 4 is 39.1 Å². The van der Waals surface area contributed by atoms with Crippen molar-refractivity contribution in [2.45, 2.75) is 17.4 Å². The maximum atomic E-state index is 12.4. The Kier molecular flexibility index (Phi) is 3.40. The Hall–Kier alpha value is -1.11. The van der Waals surface area contributed by atoms with E-state index in [0.717, 1.165) is 23.2 Å². The molecule has 0 radical (unpaired) electrons. The average molecular weight is 319 g/mol. The Bertz CT molecular complexity index is 699. The highest BCUT2D eigenvalue weighted by molar-refractivity contribution is 7.99. The number of thioether (sulfide) groups is 1. The first-order valence-corrected chi connectivity index (χ1v) is 9.29. The lowest BCUT2D eigenvalue weighted by atomic mass is 10.00. The summed E-state index contributed by atoms with van der Waals surface area (Å²) in [5.74, 6) is 0.592. The van der Waals surface area contributed by atoms with Crippen molar-refractivity contribution < 1.29 is 4.79 Å². The van der Waals surface area contributed by atoms with Crippen LogP contribution in [0.1, 0.15) is 16.9 Å². The van der Waals surface area contributed by atoms with Crippen molar-refractivity contribution in [1.82, 2.24) is 15.2 Å². The molecule has 2 fully saturated rings. The normalized spacial score (nSPS) is 27.4. The number of nitrogens with zero attached hydrogens (tertiary/aromatic N) is 2. The largest absolute Gasteiger partial charge is 0.346 e. The molecule has 0 saturated carbocycles. The molecule has 0 aromatic carbocycles. The zero-order valence-electron chi connectivity index (χ0n) is 11.8. The molecule has 1 N–H and O–H groups in total. The Labute approximate surface area is 131 Å². The van der Waals surface area contributed by atoms with Crippen molar-refractivity contribution in [2.75, 3.05) is 25.9 Å². The molecule has 0 spiro atoms. The smallest absolute Gasteiger partial charge is 0.270 e. The van der Waals surface area contributed by atoms with Gasteiger partial charge in [0.05, 0.1) is 4.70 Å². The van der Waals surface area contributed by atoms with Crippen molar-refractivity contribution in [3.05, 3.63) is 23.3 Å². The zero-order chi connectivity index (χ0) is 14.4. The van der Waals surface area contributed by atoms with E-state index in [9.17, 15) is 4.79 Å². The van der Waals surface area contributed by atoms with Crippen LogP contribution in [0.4, 0.5) is 0 Å². The second kappa shape index (κ2) is 5.26. The summed E-state index contributed by atoms with van der Waals surface area (Å²) in [7, 11) is 0. The molecule has 2 aliphatic rings. The molecule has 3 unspecified atom stereocenters. The van der Waals surface area contributed by atoms with Gasteiger partial charge in [0.15, 0.2) is 0 Å². The van der Waals surface area contributed by atoms with Crippen molar-refractivity contribution in [2.24, 2.45) is 5.92 Å². The van der Waals surface area contributed by atoms with E-state index in [-0.39, 0.29) is 5.91 Å². The van der Waals surface area contributed by atoms with E-state index < -0.39 is 0 Å². The molecule has 6 heteroatoms. The Morgan fingerprint density at radius 1 is 1.52 bits per heavy atom. The number of amides is 1. The van der Waals surface area contributed by atoms with Crippen LogP contribution in [0.3, 0.4) is 0 Å². The van der Waals surface area contributed by atoms with Gasteiger partial charge in [-0.3, -0.25) is 4.79 Å². The van der Waals surface area contributed by atoms with Crippen LogP contribution < -0.4 is 5.32 Å². The lowest BCUT2D eigenvalue weighted by Gasteiger charge is -2.22. The van der Waals surface area contributed by atoms with Gasteiger partial charge in [-0.1, -0.05) is 0 Å². The van der Waals surface area contributed by atoms with Gasteiger partial charge in [0.2, 0.25) is 0 Å². The van der Waals surface area contributed by atoms with Crippen LogP contribution in [-0.4, -0.2) is 47.7 Å². The Balaban J connectivity index is 1.56. The number of nitrogens with one attached hydrogen (secondary N) is 1. The number of fused-ring (bicyclic) bond motifs is 3. The van der Waals surface area contributed by atoms with E-state index >= 15 is 0 Å².